The fourth-order valence-corrected chi connectivity index (χ4v) is 2.42. The van der Waals surface area contributed by atoms with Crippen LogP contribution in [0.5, 0.6) is 11.5 Å². The second-order valence-corrected chi connectivity index (χ2v) is 5.09. The highest BCUT2D eigenvalue weighted by molar-refractivity contribution is 5.53. The molecule has 1 unspecified atom stereocenters. The average Bonchev–Trinajstić information content (AvgIpc) is 2.53. The van der Waals surface area contributed by atoms with Crippen LogP contribution >= 0.6 is 0 Å². The van der Waals surface area contributed by atoms with E-state index in [9.17, 15) is 5.11 Å². The summed E-state index contributed by atoms with van der Waals surface area (Å²) in [6.07, 6.45) is -0.492. The molecule has 0 aromatic heterocycles. The largest absolute Gasteiger partial charge is 0.486 e. The number of aliphatic hydroxyl groups excluding tert-OH is 1. The third kappa shape index (κ3) is 3.11. The molecule has 0 spiro atoms. The molecule has 0 bridgehead atoms. The Balaban J connectivity index is 1.73. The maximum atomic E-state index is 9.78. The summed E-state index contributed by atoms with van der Waals surface area (Å²) in [5.41, 5.74) is 2.96. The molecular weight excluding hydrogens is 266 g/mol. The number of fused-ring (bicyclic) bond motifs is 1. The summed E-state index contributed by atoms with van der Waals surface area (Å²) < 4.78 is 11.1. The molecule has 0 saturated heterocycles. The van der Waals surface area contributed by atoms with Gasteiger partial charge in [-0.3, -0.25) is 0 Å². The van der Waals surface area contributed by atoms with E-state index in [1.54, 1.807) is 6.92 Å². The van der Waals surface area contributed by atoms with Crippen molar-refractivity contribution in [2.75, 3.05) is 18.5 Å². The Morgan fingerprint density at radius 1 is 1.10 bits per heavy atom. The fraction of sp³-hybridized carbons (Fsp3) is 0.294. The molecule has 1 aliphatic rings. The molecule has 21 heavy (non-hydrogen) atoms. The van der Waals surface area contributed by atoms with Crippen molar-refractivity contribution < 1.29 is 14.6 Å². The van der Waals surface area contributed by atoms with Crippen molar-refractivity contribution in [3.05, 3.63) is 53.6 Å². The lowest BCUT2D eigenvalue weighted by atomic mass is 10.1. The third-order valence-corrected chi connectivity index (χ3v) is 3.50. The molecule has 2 aromatic rings. The van der Waals surface area contributed by atoms with Gasteiger partial charge in [0.15, 0.2) is 11.5 Å². The van der Waals surface area contributed by atoms with Crippen LogP contribution in [0.15, 0.2) is 42.5 Å². The molecule has 0 radical (unpaired) electrons. The number of para-hydroxylation sites is 1. The van der Waals surface area contributed by atoms with Crippen molar-refractivity contribution >= 4 is 5.69 Å². The zero-order valence-electron chi connectivity index (χ0n) is 12.0. The molecule has 1 aliphatic heterocycles. The third-order valence-electron chi connectivity index (χ3n) is 3.50. The van der Waals surface area contributed by atoms with Crippen LogP contribution in [0, 0.1) is 0 Å². The number of aliphatic hydroxyl groups is 1. The maximum Gasteiger partial charge on any atom is 0.161 e. The summed E-state index contributed by atoms with van der Waals surface area (Å²) >= 11 is 0. The minimum Gasteiger partial charge on any atom is -0.486 e. The highest BCUT2D eigenvalue weighted by atomic mass is 16.6. The van der Waals surface area contributed by atoms with Crippen molar-refractivity contribution in [3.8, 4) is 11.5 Å². The predicted molar refractivity (Wildman–Crippen MR) is 81.8 cm³/mol. The number of hydrogen-bond donors (Lipinski definition) is 2. The van der Waals surface area contributed by atoms with Gasteiger partial charge < -0.3 is 19.9 Å². The fourth-order valence-electron chi connectivity index (χ4n) is 2.42. The van der Waals surface area contributed by atoms with Crippen molar-refractivity contribution in [2.24, 2.45) is 0 Å². The monoisotopic (exact) mass is 285 g/mol. The Bertz CT molecular complexity index is 625. The molecule has 2 N–H and O–H groups in total. The first-order valence-electron chi connectivity index (χ1n) is 7.13. The van der Waals surface area contributed by atoms with Crippen LogP contribution in [0.2, 0.25) is 0 Å². The van der Waals surface area contributed by atoms with Crippen LogP contribution in [-0.4, -0.2) is 18.3 Å². The van der Waals surface area contributed by atoms with Gasteiger partial charge in [0.05, 0.1) is 6.10 Å². The molecule has 3 rings (SSSR count). The van der Waals surface area contributed by atoms with Gasteiger partial charge in [-0.2, -0.15) is 0 Å². The second-order valence-electron chi connectivity index (χ2n) is 5.09. The van der Waals surface area contributed by atoms with E-state index >= 15 is 0 Å². The Morgan fingerprint density at radius 2 is 1.86 bits per heavy atom. The number of anilines is 1. The summed E-state index contributed by atoms with van der Waals surface area (Å²) in [6.45, 7) is 3.63. The first-order chi connectivity index (χ1) is 10.2. The molecule has 1 atom stereocenters. The van der Waals surface area contributed by atoms with Gasteiger partial charge in [-0.25, -0.2) is 0 Å². The maximum absolute atomic E-state index is 9.78. The van der Waals surface area contributed by atoms with Crippen LogP contribution in [0.3, 0.4) is 0 Å². The highest BCUT2D eigenvalue weighted by Crippen LogP contribution is 2.31. The molecular formula is C17H19NO3. The van der Waals surface area contributed by atoms with Gasteiger partial charge in [0.25, 0.3) is 0 Å². The molecule has 0 fully saturated rings. The predicted octanol–water partition coefficient (Wildman–Crippen LogP) is 3.12. The standard InChI is InChI=1S/C17H19NO3/c1-12(19)14-4-2-3-5-15(14)18-11-13-6-7-16-17(10-13)21-9-8-20-16/h2-7,10,12,18-19H,8-9,11H2,1H3. The van der Waals surface area contributed by atoms with Gasteiger partial charge in [0, 0.05) is 17.8 Å². The first-order valence-corrected chi connectivity index (χ1v) is 7.13. The summed E-state index contributed by atoms with van der Waals surface area (Å²) in [7, 11) is 0. The summed E-state index contributed by atoms with van der Waals surface area (Å²) in [6, 6.07) is 13.7. The number of nitrogens with one attached hydrogen (secondary N) is 1. The normalized spacial score (nSPS) is 14.6. The summed E-state index contributed by atoms with van der Waals surface area (Å²) in [4.78, 5) is 0. The summed E-state index contributed by atoms with van der Waals surface area (Å²) in [5, 5.41) is 13.1. The highest BCUT2D eigenvalue weighted by Gasteiger charge is 2.12. The Labute approximate surface area is 124 Å². The SMILES string of the molecule is CC(O)c1ccccc1NCc1ccc2c(c1)OCCO2. The van der Waals surface area contributed by atoms with Crippen LogP contribution in [-0.2, 0) is 6.54 Å². The minimum absolute atomic E-state index is 0.492. The van der Waals surface area contributed by atoms with E-state index in [1.807, 2.05) is 42.5 Å². The Kier molecular flexibility index (Phi) is 3.97. The van der Waals surface area contributed by atoms with Gasteiger partial charge in [0.2, 0.25) is 0 Å². The lowest BCUT2D eigenvalue weighted by Gasteiger charge is -2.19. The summed E-state index contributed by atoms with van der Waals surface area (Å²) in [5.74, 6) is 1.60. The van der Waals surface area contributed by atoms with E-state index in [0.717, 1.165) is 28.3 Å². The number of benzene rings is 2. The van der Waals surface area contributed by atoms with Crippen LogP contribution in [0.1, 0.15) is 24.2 Å². The first kappa shape index (κ1) is 13.8. The van der Waals surface area contributed by atoms with E-state index in [-0.39, 0.29) is 0 Å². The van der Waals surface area contributed by atoms with Gasteiger partial charge in [-0.1, -0.05) is 24.3 Å². The molecule has 4 nitrogen and oxygen atoms in total. The van der Waals surface area contributed by atoms with Crippen LogP contribution in [0.25, 0.3) is 0 Å². The van der Waals surface area contributed by atoms with E-state index in [2.05, 4.69) is 5.32 Å². The van der Waals surface area contributed by atoms with Gasteiger partial charge in [0.1, 0.15) is 13.2 Å². The Morgan fingerprint density at radius 3 is 2.67 bits per heavy atom. The molecule has 4 heteroatoms. The number of hydrogen-bond acceptors (Lipinski definition) is 4. The topological polar surface area (TPSA) is 50.7 Å². The molecule has 0 saturated carbocycles. The lowest BCUT2D eigenvalue weighted by molar-refractivity contribution is 0.171. The quantitative estimate of drug-likeness (QED) is 0.906. The molecule has 2 aromatic carbocycles. The zero-order valence-corrected chi connectivity index (χ0v) is 12.0. The lowest BCUT2D eigenvalue weighted by Crippen LogP contribution is -2.15. The van der Waals surface area contributed by atoms with Gasteiger partial charge >= 0.3 is 0 Å². The van der Waals surface area contributed by atoms with Crippen LogP contribution < -0.4 is 14.8 Å². The van der Waals surface area contributed by atoms with Crippen molar-refractivity contribution in [3.63, 3.8) is 0 Å². The van der Waals surface area contributed by atoms with E-state index < -0.39 is 6.10 Å². The smallest absolute Gasteiger partial charge is 0.161 e. The van der Waals surface area contributed by atoms with Crippen molar-refractivity contribution in [1.82, 2.24) is 0 Å². The number of rotatable bonds is 4. The van der Waals surface area contributed by atoms with Crippen molar-refractivity contribution in [1.29, 1.82) is 0 Å². The van der Waals surface area contributed by atoms with E-state index in [4.69, 9.17) is 9.47 Å². The van der Waals surface area contributed by atoms with Gasteiger partial charge in [-0.05, 0) is 30.7 Å². The molecule has 0 amide bonds. The van der Waals surface area contributed by atoms with E-state index in [0.29, 0.717) is 19.8 Å². The second kappa shape index (κ2) is 6.06. The average molecular weight is 285 g/mol. The van der Waals surface area contributed by atoms with Gasteiger partial charge in [-0.15, -0.1) is 0 Å². The minimum atomic E-state index is -0.492. The Hall–Kier alpha value is -2.20. The molecule has 0 aliphatic carbocycles. The molecule has 110 valence electrons. The molecule has 1 heterocycles. The number of ether oxygens (including phenoxy) is 2. The van der Waals surface area contributed by atoms with Crippen molar-refractivity contribution in [2.45, 2.75) is 19.6 Å². The van der Waals surface area contributed by atoms with Crippen LogP contribution in [0.4, 0.5) is 5.69 Å². The zero-order chi connectivity index (χ0) is 14.7. The van der Waals surface area contributed by atoms with E-state index in [1.165, 1.54) is 0 Å².